The molecule has 11 heavy (non-hydrogen) atoms. The normalized spacial score (nSPS) is 11.8. The van der Waals surface area contributed by atoms with Gasteiger partial charge >= 0.3 is 18.9 Å². The average molecular weight is 276 g/mol. The van der Waals surface area contributed by atoms with E-state index in [2.05, 4.69) is 22.6 Å². The van der Waals surface area contributed by atoms with Crippen LogP contribution in [-0.4, -0.2) is 8.76 Å². The van der Waals surface area contributed by atoms with Crippen molar-refractivity contribution in [3.63, 3.8) is 0 Å². The van der Waals surface area contributed by atoms with Crippen LogP contribution in [0.1, 0.15) is 1.43 Å². The minimum Gasteiger partial charge on any atom is -1.00 e. The van der Waals surface area contributed by atoms with E-state index >= 15 is 0 Å². The summed E-state index contributed by atoms with van der Waals surface area (Å²) in [4.78, 5) is 0.445. The maximum Gasteiger partial charge on any atom is 1.00 e. The number of halogens is 1. The molecule has 0 amide bonds. The van der Waals surface area contributed by atoms with Crippen LogP contribution in [0, 0.1) is 3.57 Å². The van der Waals surface area contributed by atoms with E-state index in [-0.39, 0.29) is 20.3 Å². The first-order chi connectivity index (χ1) is 4.70. The fraction of sp³-hybridized carbons (Fsp3) is 0. The van der Waals surface area contributed by atoms with Crippen LogP contribution in [0.15, 0.2) is 29.2 Å². The molecule has 0 fully saturated rings. The van der Waals surface area contributed by atoms with E-state index < -0.39 is 11.1 Å². The summed E-state index contributed by atoms with van der Waals surface area (Å²) in [5.41, 5.74) is 0. The Kier molecular flexibility index (Phi) is 5.65. The first kappa shape index (κ1) is 11.7. The second-order valence-corrected chi connectivity index (χ2v) is 3.92. The van der Waals surface area contributed by atoms with Gasteiger partial charge in [-0.2, -0.15) is 0 Å². The molecule has 1 aromatic carbocycles. The SMILES string of the molecule is O=S(O)c1ccc(I)cc1.[H-].[Li+]. The maximum absolute atomic E-state index is 10.4. The Morgan fingerprint density at radius 1 is 1.36 bits per heavy atom. The number of hydrogen-bond acceptors (Lipinski definition) is 1. The van der Waals surface area contributed by atoms with Crippen molar-refractivity contribution in [1.29, 1.82) is 0 Å². The molecule has 1 unspecified atom stereocenters. The van der Waals surface area contributed by atoms with Gasteiger partial charge in [-0.05, 0) is 46.9 Å². The molecule has 0 radical (unpaired) electrons. The third kappa shape index (κ3) is 3.72. The largest absolute Gasteiger partial charge is 1.00 e. The Labute approximate surface area is 94.9 Å². The van der Waals surface area contributed by atoms with Gasteiger partial charge in [0, 0.05) is 3.57 Å². The van der Waals surface area contributed by atoms with E-state index in [0.717, 1.165) is 3.57 Å². The second kappa shape index (κ2) is 5.33. The summed E-state index contributed by atoms with van der Waals surface area (Å²) < 4.78 is 20.1. The minimum absolute atomic E-state index is 0. The predicted molar refractivity (Wildman–Crippen MR) is 49.3 cm³/mol. The molecular weight excluding hydrogens is 270 g/mol. The van der Waals surface area contributed by atoms with Crippen molar-refractivity contribution in [3.05, 3.63) is 27.8 Å². The van der Waals surface area contributed by atoms with Crippen LogP contribution in [0.2, 0.25) is 0 Å². The van der Waals surface area contributed by atoms with Gasteiger partial charge in [-0.3, -0.25) is 0 Å². The molecule has 0 saturated heterocycles. The first-order valence-corrected chi connectivity index (χ1v) is 4.75. The van der Waals surface area contributed by atoms with Gasteiger partial charge in [0.15, 0.2) is 11.1 Å². The monoisotopic (exact) mass is 276 g/mol. The maximum atomic E-state index is 10.4. The molecule has 0 aromatic heterocycles. The van der Waals surface area contributed by atoms with Gasteiger partial charge in [-0.25, -0.2) is 4.21 Å². The molecule has 2 nitrogen and oxygen atoms in total. The first-order valence-electron chi connectivity index (χ1n) is 2.56. The summed E-state index contributed by atoms with van der Waals surface area (Å²) in [5.74, 6) is 0. The summed E-state index contributed by atoms with van der Waals surface area (Å²) in [6, 6.07) is 6.86. The summed E-state index contributed by atoms with van der Waals surface area (Å²) >= 11 is 0.299. The van der Waals surface area contributed by atoms with Crippen molar-refractivity contribution in [3.8, 4) is 0 Å². The third-order valence-electron chi connectivity index (χ3n) is 1.02. The van der Waals surface area contributed by atoms with Crippen molar-refractivity contribution in [1.82, 2.24) is 0 Å². The van der Waals surface area contributed by atoms with Gasteiger partial charge in [0.2, 0.25) is 0 Å². The quantitative estimate of drug-likeness (QED) is 0.405. The number of benzene rings is 1. The topological polar surface area (TPSA) is 37.3 Å². The van der Waals surface area contributed by atoms with Crippen LogP contribution in [0.3, 0.4) is 0 Å². The van der Waals surface area contributed by atoms with Gasteiger partial charge in [-0.1, -0.05) is 0 Å². The Morgan fingerprint density at radius 2 is 1.82 bits per heavy atom. The van der Waals surface area contributed by atoms with Gasteiger partial charge in [0.05, 0.1) is 4.90 Å². The smallest absolute Gasteiger partial charge is 1.00 e. The van der Waals surface area contributed by atoms with Crippen molar-refractivity contribution in [2.24, 2.45) is 0 Å². The fourth-order valence-electron chi connectivity index (χ4n) is 0.551. The zero-order chi connectivity index (χ0) is 7.56. The molecule has 0 heterocycles. The molecule has 0 aliphatic heterocycles. The molecule has 1 N–H and O–H groups in total. The van der Waals surface area contributed by atoms with Gasteiger partial charge in [0.1, 0.15) is 0 Å². The Balaban J connectivity index is 0. The van der Waals surface area contributed by atoms with Gasteiger partial charge < -0.3 is 5.98 Å². The van der Waals surface area contributed by atoms with Crippen LogP contribution >= 0.6 is 22.6 Å². The van der Waals surface area contributed by atoms with Crippen LogP contribution in [0.5, 0.6) is 0 Å². The van der Waals surface area contributed by atoms with Crippen LogP contribution < -0.4 is 18.9 Å². The summed E-state index contributed by atoms with van der Waals surface area (Å²) in [6.07, 6.45) is 0. The predicted octanol–water partition coefficient (Wildman–Crippen LogP) is -1.01. The van der Waals surface area contributed by atoms with E-state index in [9.17, 15) is 4.21 Å². The average Bonchev–Trinajstić information content (AvgIpc) is 1.88. The molecule has 1 atom stereocenters. The van der Waals surface area contributed by atoms with Crippen molar-refractivity contribution in [2.75, 3.05) is 0 Å². The molecule has 56 valence electrons. The second-order valence-electron chi connectivity index (χ2n) is 1.70. The van der Waals surface area contributed by atoms with Gasteiger partial charge in [-0.15, -0.1) is 0 Å². The zero-order valence-corrected chi connectivity index (χ0v) is 8.93. The molecule has 0 bridgehead atoms. The van der Waals surface area contributed by atoms with Crippen molar-refractivity contribution >= 4 is 33.7 Å². The molecule has 0 spiro atoms. The molecule has 5 heteroatoms. The molecular formula is C6H6ILiO2S. The van der Waals surface area contributed by atoms with Crippen LogP contribution in [-0.2, 0) is 11.1 Å². The van der Waals surface area contributed by atoms with Crippen LogP contribution in [0.4, 0.5) is 0 Å². The Morgan fingerprint density at radius 3 is 2.18 bits per heavy atom. The molecule has 0 aliphatic rings. The van der Waals surface area contributed by atoms with E-state index in [1.807, 2.05) is 0 Å². The Bertz CT molecular complexity index is 254. The summed E-state index contributed by atoms with van der Waals surface area (Å²) in [7, 11) is 0. The Hall–Kier alpha value is 0.657. The summed E-state index contributed by atoms with van der Waals surface area (Å²) in [5, 5.41) is 0. The van der Waals surface area contributed by atoms with E-state index in [1.165, 1.54) is 0 Å². The molecule has 0 aliphatic carbocycles. The van der Waals surface area contributed by atoms with E-state index in [4.69, 9.17) is 4.55 Å². The van der Waals surface area contributed by atoms with Gasteiger partial charge in [0.25, 0.3) is 0 Å². The number of rotatable bonds is 1. The fourth-order valence-corrected chi connectivity index (χ4v) is 1.28. The third-order valence-corrected chi connectivity index (χ3v) is 2.41. The molecule has 1 rings (SSSR count). The molecule has 0 saturated carbocycles. The van der Waals surface area contributed by atoms with Crippen LogP contribution in [0.25, 0.3) is 0 Å². The minimum atomic E-state index is -1.84. The molecule has 1 aromatic rings. The van der Waals surface area contributed by atoms with Crippen molar-refractivity contribution in [2.45, 2.75) is 4.90 Å². The zero-order valence-electron chi connectivity index (χ0n) is 6.95. The van der Waals surface area contributed by atoms with E-state index in [0.29, 0.717) is 4.90 Å². The standard InChI is InChI=1S/C6H5IO2S.Li.H/c7-5-1-3-6(4-2-5)10(8)9;;/h1-4H,(H,8,9);;/q;+1;-1. The number of hydrogen-bond donors (Lipinski definition) is 1. The summed E-state index contributed by atoms with van der Waals surface area (Å²) in [6.45, 7) is 0. The van der Waals surface area contributed by atoms with Crippen molar-refractivity contribution < 1.29 is 29.0 Å². The van der Waals surface area contributed by atoms with E-state index in [1.54, 1.807) is 24.3 Å².